The predicted octanol–water partition coefficient (Wildman–Crippen LogP) is 7.45. The van der Waals surface area contributed by atoms with Gasteiger partial charge in [-0.2, -0.15) is 0 Å². The van der Waals surface area contributed by atoms with E-state index in [1.807, 2.05) is 61.5 Å². The van der Waals surface area contributed by atoms with Crippen molar-refractivity contribution in [2.24, 2.45) is 0 Å². The van der Waals surface area contributed by atoms with Crippen LogP contribution in [0.5, 0.6) is 0 Å². The zero-order valence-electron chi connectivity index (χ0n) is 18.9. The third-order valence-electron chi connectivity index (χ3n) is 5.60. The number of amides is 1. The van der Waals surface area contributed by atoms with Crippen LogP contribution in [-0.4, -0.2) is 20.7 Å². The standard InChI is InChI=1S/C26H24Br2N4O/c1-15(2)21-14-20(28)12-13-22(21)29-26(33)24-30-25(18-8-10-19(27)11-9-18)32(31-24)23-7-5-6-16(3)17(23)4/h5-15H,1-4H3,(H,29,33). The minimum Gasteiger partial charge on any atom is -0.319 e. The molecular weight excluding hydrogens is 544 g/mol. The molecule has 0 aliphatic carbocycles. The Hall–Kier alpha value is -2.77. The molecule has 1 N–H and O–H groups in total. The van der Waals surface area contributed by atoms with Gasteiger partial charge in [-0.3, -0.25) is 4.79 Å². The third-order valence-corrected chi connectivity index (χ3v) is 6.62. The van der Waals surface area contributed by atoms with Crippen LogP contribution in [0.3, 0.4) is 0 Å². The maximum absolute atomic E-state index is 13.2. The summed E-state index contributed by atoms with van der Waals surface area (Å²) in [5.74, 6) is 0.630. The average Bonchev–Trinajstić information content (AvgIpc) is 3.22. The van der Waals surface area contributed by atoms with Crippen LogP contribution in [0.15, 0.2) is 69.6 Å². The van der Waals surface area contributed by atoms with Crippen molar-refractivity contribution in [1.29, 1.82) is 0 Å². The van der Waals surface area contributed by atoms with Crippen molar-refractivity contribution in [1.82, 2.24) is 14.8 Å². The number of rotatable bonds is 5. The average molecular weight is 568 g/mol. The van der Waals surface area contributed by atoms with Crippen LogP contribution in [0.1, 0.15) is 47.1 Å². The summed E-state index contributed by atoms with van der Waals surface area (Å²) in [5.41, 5.74) is 5.80. The number of hydrogen-bond acceptors (Lipinski definition) is 3. The summed E-state index contributed by atoms with van der Waals surface area (Å²) in [6.45, 7) is 8.30. The summed E-state index contributed by atoms with van der Waals surface area (Å²) >= 11 is 7.00. The second kappa shape index (κ2) is 9.61. The molecule has 0 saturated carbocycles. The molecule has 0 saturated heterocycles. The molecule has 7 heteroatoms. The summed E-state index contributed by atoms with van der Waals surface area (Å²) in [6.07, 6.45) is 0. The Morgan fingerprint density at radius 2 is 1.67 bits per heavy atom. The Labute approximate surface area is 210 Å². The maximum atomic E-state index is 13.2. The van der Waals surface area contributed by atoms with E-state index in [1.54, 1.807) is 4.68 Å². The molecular formula is C26H24Br2N4O. The lowest BCUT2D eigenvalue weighted by Crippen LogP contribution is -2.16. The van der Waals surface area contributed by atoms with Gasteiger partial charge in [-0.05, 0) is 72.9 Å². The lowest BCUT2D eigenvalue weighted by Gasteiger charge is -2.13. The maximum Gasteiger partial charge on any atom is 0.295 e. The summed E-state index contributed by atoms with van der Waals surface area (Å²) < 4.78 is 3.70. The highest BCUT2D eigenvalue weighted by Gasteiger charge is 2.21. The molecule has 0 aliphatic rings. The topological polar surface area (TPSA) is 59.8 Å². The van der Waals surface area contributed by atoms with Gasteiger partial charge in [0.2, 0.25) is 5.82 Å². The molecule has 1 heterocycles. The molecule has 0 bridgehead atoms. The van der Waals surface area contributed by atoms with E-state index in [0.717, 1.165) is 42.6 Å². The first-order valence-corrected chi connectivity index (χ1v) is 12.2. The van der Waals surface area contributed by atoms with Crippen molar-refractivity contribution in [2.45, 2.75) is 33.6 Å². The Balaban J connectivity index is 1.79. The zero-order valence-corrected chi connectivity index (χ0v) is 22.0. The zero-order chi connectivity index (χ0) is 23.7. The molecule has 3 aromatic carbocycles. The summed E-state index contributed by atoms with van der Waals surface area (Å²) in [4.78, 5) is 17.9. The second-order valence-electron chi connectivity index (χ2n) is 8.24. The first-order chi connectivity index (χ1) is 15.7. The number of nitrogens with one attached hydrogen (secondary N) is 1. The smallest absolute Gasteiger partial charge is 0.295 e. The molecule has 168 valence electrons. The van der Waals surface area contributed by atoms with Crippen molar-refractivity contribution < 1.29 is 4.79 Å². The van der Waals surface area contributed by atoms with Crippen LogP contribution in [0.25, 0.3) is 17.1 Å². The SMILES string of the molecule is Cc1cccc(-n2nc(C(=O)Nc3ccc(Br)cc3C(C)C)nc2-c2ccc(Br)cc2)c1C. The van der Waals surface area contributed by atoms with Crippen molar-refractivity contribution in [2.75, 3.05) is 5.32 Å². The van der Waals surface area contributed by atoms with E-state index in [1.165, 1.54) is 0 Å². The molecule has 1 aromatic heterocycles. The number of carbonyl (C=O) groups is 1. The monoisotopic (exact) mass is 566 g/mol. The predicted molar refractivity (Wildman–Crippen MR) is 140 cm³/mol. The molecule has 4 aromatic rings. The van der Waals surface area contributed by atoms with Crippen molar-refractivity contribution in [3.8, 4) is 17.1 Å². The molecule has 1 amide bonds. The second-order valence-corrected chi connectivity index (χ2v) is 10.1. The number of carbonyl (C=O) groups excluding carboxylic acids is 1. The molecule has 0 fully saturated rings. The van der Waals surface area contributed by atoms with E-state index >= 15 is 0 Å². The Kier molecular flexibility index (Phi) is 6.81. The van der Waals surface area contributed by atoms with Gasteiger partial charge in [0.15, 0.2) is 5.82 Å². The van der Waals surface area contributed by atoms with E-state index in [4.69, 9.17) is 0 Å². The number of aromatic nitrogens is 3. The number of hydrogen-bond donors (Lipinski definition) is 1. The minimum absolute atomic E-state index is 0.117. The van der Waals surface area contributed by atoms with E-state index < -0.39 is 0 Å². The third kappa shape index (κ3) is 4.94. The van der Waals surface area contributed by atoms with Gasteiger partial charge in [-0.25, -0.2) is 9.67 Å². The molecule has 0 atom stereocenters. The number of nitrogens with zero attached hydrogens (tertiary/aromatic N) is 3. The highest BCUT2D eigenvalue weighted by atomic mass is 79.9. The van der Waals surface area contributed by atoms with E-state index in [-0.39, 0.29) is 17.6 Å². The van der Waals surface area contributed by atoms with E-state index in [0.29, 0.717) is 5.82 Å². The molecule has 33 heavy (non-hydrogen) atoms. The van der Waals surface area contributed by atoms with Gasteiger partial charge < -0.3 is 5.32 Å². The van der Waals surface area contributed by atoms with Gasteiger partial charge in [0.05, 0.1) is 5.69 Å². The number of halogens is 2. The van der Waals surface area contributed by atoms with Crippen LogP contribution < -0.4 is 5.32 Å². The van der Waals surface area contributed by atoms with Gasteiger partial charge >= 0.3 is 0 Å². The van der Waals surface area contributed by atoms with Gasteiger partial charge in [0, 0.05) is 20.2 Å². The fraction of sp³-hybridized carbons (Fsp3) is 0.192. The molecule has 5 nitrogen and oxygen atoms in total. The quantitative estimate of drug-likeness (QED) is 0.272. The first-order valence-electron chi connectivity index (χ1n) is 10.6. The fourth-order valence-corrected chi connectivity index (χ4v) is 4.27. The highest BCUT2D eigenvalue weighted by Crippen LogP contribution is 2.29. The largest absolute Gasteiger partial charge is 0.319 e. The van der Waals surface area contributed by atoms with Crippen molar-refractivity contribution in [3.63, 3.8) is 0 Å². The molecule has 0 unspecified atom stereocenters. The molecule has 4 rings (SSSR count). The van der Waals surface area contributed by atoms with Crippen molar-refractivity contribution >= 4 is 43.5 Å². The first kappa shape index (κ1) is 23.4. The lowest BCUT2D eigenvalue weighted by molar-refractivity contribution is 0.101. The minimum atomic E-state index is -0.346. The van der Waals surface area contributed by atoms with Crippen LogP contribution in [-0.2, 0) is 0 Å². The Bertz CT molecular complexity index is 1330. The Morgan fingerprint density at radius 3 is 2.36 bits per heavy atom. The van der Waals surface area contributed by atoms with Gasteiger partial charge in [-0.1, -0.05) is 70.0 Å². The number of benzene rings is 3. The van der Waals surface area contributed by atoms with Crippen LogP contribution >= 0.6 is 31.9 Å². The summed E-state index contributed by atoms with van der Waals surface area (Å²) in [5, 5.41) is 7.65. The number of anilines is 1. The van der Waals surface area contributed by atoms with Crippen molar-refractivity contribution in [3.05, 3.63) is 92.1 Å². The van der Waals surface area contributed by atoms with Gasteiger partial charge in [-0.15, -0.1) is 5.10 Å². The number of aryl methyl sites for hydroxylation is 1. The van der Waals surface area contributed by atoms with Crippen LogP contribution in [0.4, 0.5) is 5.69 Å². The van der Waals surface area contributed by atoms with E-state index in [2.05, 4.69) is 74.1 Å². The fourth-order valence-electron chi connectivity index (χ4n) is 3.63. The molecule has 0 aliphatic heterocycles. The normalized spacial score (nSPS) is 11.1. The van der Waals surface area contributed by atoms with Gasteiger partial charge in [0.1, 0.15) is 0 Å². The van der Waals surface area contributed by atoms with Crippen LogP contribution in [0, 0.1) is 13.8 Å². The highest BCUT2D eigenvalue weighted by molar-refractivity contribution is 9.10. The van der Waals surface area contributed by atoms with Gasteiger partial charge in [0.25, 0.3) is 5.91 Å². The lowest BCUT2D eigenvalue weighted by atomic mass is 10.0. The summed E-state index contributed by atoms with van der Waals surface area (Å²) in [7, 11) is 0. The van der Waals surface area contributed by atoms with Crippen LogP contribution in [0.2, 0.25) is 0 Å². The molecule has 0 spiro atoms. The molecule has 0 radical (unpaired) electrons. The van der Waals surface area contributed by atoms with E-state index in [9.17, 15) is 4.79 Å². The Morgan fingerprint density at radius 1 is 0.970 bits per heavy atom. The summed E-state index contributed by atoms with van der Waals surface area (Å²) in [6, 6.07) is 19.7.